The van der Waals surface area contributed by atoms with Gasteiger partial charge in [0.2, 0.25) is 0 Å². The van der Waals surface area contributed by atoms with Crippen molar-refractivity contribution in [3.05, 3.63) is 53.5 Å². The van der Waals surface area contributed by atoms with Crippen molar-refractivity contribution < 1.29 is 4.79 Å². The average Bonchev–Trinajstić information content (AvgIpc) is 3.21. The number of aryl methyl sites for hydroxylation is 1. The second kappa shape index (κ2) is 8.69. The quantitative estimate of drug-likeness (QED) is 0.865. The molecule has 2 heterocycles. The van der Waals surface area contributed by atoms with Crippen LogP contribution in [0.1, 0.15) is 47.6 Å². The van der Waals surface area contributed by atoms with Gasteiger partial charge in [0.1, 0.15) is 17.3 Å². The number of amides is 1. The molecule has 0 bridgehead atoms. The highest BCUT2D eigenvalue weighted by atomic mass is 16.2. The lowest BCUT2D eigenvalue weighted by Crippen LogP contribution is -2.48. The summed E-state index contributed by atoms with van der Waals surface area (Å²) in [5, 5.41) is 3.48. The number of hydrogen-bond acceptors (Lipinski definition) is 5. The molecule has 1 saturated carbocycles. The summed E-state index contributed by atoms with van der Waals surface area (Å²) in [5.74, 6) is 1.44. The molecule has 2 fully saturated rings. The number of aromatic nitrogens is 2. The van der Waals surface area contributed by atoms with E-state index < -0.39 is 0 Å². The molecule has 1 saturated heterocycles. The summed E-state index contributed by atoms with van der Waals surface area (Å²) >= 11 is 0. The normalized spacial score (nSPS) is 18.4. The number of nitrogens with zero attached hydrogens (tertiary/aromatic N) is 4. The van der Waals surface area contributed by atoms with Crippen LogP contribution in [0.25, 0.3) is 0 Å². The van der Waals surface area contributed by atoms with Gasteiger partial charge in [-0.05, 0) is 25.3 Å². The number of hydrogen-bond donors (Lipinski definition) is 1. The van der Waals surface area contributed by atoms with Gasteiger partial charge in [-0.2, -0.15) is 0 Å². The zero-order valence-electron chi connectivity index (χ0n) is 16.6. The Kier molecular flexibility index (Phi) is 5.86. The molecule has 0 spiro atoms. The molecule has 2 aromatic rings. The molecule has 0 unspecified atom stereocenters. The Hall–Kier alpha value is -2.47. The molecule has 2 aliphatic rings. The Morgan fingerprint density at radius 2 is 1.79 bits per heavy atom. The summed E-state index contributed by atoms with van der Waals surface area (Å²) in [5.41, 5.74) is 1.82. The lowest BCUT2D eigenvalue weighted by Gasteiger charge is -2.34. The molecule has 1 aliphatic heterocycles. The van der Waals surface area contributed by atoms with E-state index in [0.717, 1.165) is 38.5 Å². The van der Waals surface area contributed by atoms with E-state index in [2.05, 4.69) is 44.5 Å². The molecule has 6 heteroatoms. The smallest absolute Gasteiger partial charge is 0.272 e. The van der Waals surface area contributed by atoms with Crippen molar-refractivity contribution in [1.82, 2.24) is 19.8 Å². The molecule has 148 valence electrons. The molecule has 0 radical (unpaired) electrons. The van der Waals surface area contributed by atoms with Crippen LogP contribution in [-0.4, -0.2) is 57.9 Å². The molecule has 1 aromatic carbocycles. The van der Waals surface area contributed by atoms with Crippen LogP contribution in [0.5, 0.6) is 0 Å². The second-order valence-corrected chi connectivity index (χ2v) is 7.87. The monoisotopic (exact) mass is 379 g/mol. The first-order valence-electron chi connectivity index (χ1n) is 10.4. The minimum Gasteiger partial charge on any atom is -0.367 e. The fraction of sp³-hybridized carbons (Fsp3) is 0.500. The average molecular weight is 380 g/mol. The lowest BCUT2D eigenvalue weighted by molar-refractivity contribution is 0.0622. The van der Waals surface area contributed by atoms with Gasteiger partial charge < -0.3 is 10.2 Å². The van der Waals surface area contributed by atoms with E-state index in [1.165, 1.54) is 31.2 Å². The number of nitrogens with one attached hydrogen (secondary N) is 1. The van der Waals surface area contributed by atoms with Crippen molar-refractivity contribution in [1.29, 1.82) is 0 Å². The molecule has 1 aromatic heterocycles. The van der Waals surface area contributed by atoms with Gasteiger partial charge in [-0.25, -0.2) is 9.97 Å². The van der Waals surface area contributed by atoms with Crippen molar-refractivity contribution in [2.45, 2.75) is 45.2 Å². The van der Waals surface area contributed by atoms with Crippen molar-refractivity contribution in [2.75, 3.05) is 31.5 Å². The van der Waals surface area contributed by atoms with Crippen LogP contribution in [0.2, 0.25) is 0 Å². The summed E-state index contributed by atoms with van der Waals surface area (Å²) in [4.78, 5) is 26.2. The largest absolute Gasteiger partial charge is 0.367 e. The zero-order valence-corrected chi connectivity index (χ0v) is 16.6. The lowest BCUT2D eigenvalue weighted by atomic mass is 10.2. The standard InChI is InChI=1S/C22H29N5O/c1-17-23-20(15-21(24-17)25-19-9-5-6-10-19)22(28)27-13-11-26(12-14-27)16-18-7-3-2-4-8-18/h2-4,7-8,15,19H,5-6,9-14,16H2,1H3,(H,23,24,25). The van der Waals surface area contributed by atoms with E-state index in [-0.39, 0.29) is 5.91 Å². The van der Waals surface area contributed by atoms with Crippen LogP contribution in [0.3, 0.4) is 0 Å². The van der Waals surface area contributed by atoms with E-state index in [0.29, 0.717) is 17.6 Å². The van der Waals surface area contributed by atoms with E-state index >= 15 is 0 Å². The maximum absolute atomic E-state index is 13.0. The van der Waals surface area contributed by atoms with E-state index in [4.69, 9.17) is 0 Å². The molecule has 0 atom stereocenters. The van der Waals surface area contributed by atoms with Crippen LogP contribution in [0, 0.1) is 6.92 Å². The van der Waals surface area contributed by atoms with E-state index in [1.807, 2.05) is 24.0 Å². The van der Waals surface area contributed by atoms with Crippen LogP contribution < -0.4 is 5.32 Å². The number of benzene rings is 1. The SMILES string of the molecule is Cc1nc(NC2CCCC2)cc(C(=O)N2CCN(Cc3ccccc3)CC2)n1. The first-order chi connectivity index (χ1) is 13.7. The number of carbonyl (C=O) groups excluding carboxylic acids is 1. The Labute approximate surface area is 167 Å². The van der Waals surface area contributed by atoms with Gasteiger partial charge in [-0.15, -0.1) is 0 Å². The Bertz CT molecular complexity index is 796. The third-order valence-electron chi connectivity index (χ3n) is 5.67. The number of anilines is 1. The summed E-state index contributed by atoms with van der Waals surface area (Å²) in [6.07, 6.45) is 4.88. The molecule has 28 heavy (non-hydrogen) atoms. The third kappa shape index (κ3) is 4.68. The van der Waals surface area contributed by atoms with Crippen LogP contribution in [-0.2, 0) is 6.54 Å². The first-order valence-corrected chi connectivity index (χ1v) is 10.4. The fourth-order valence-electron chi connectivity index (χ4n) is 4.14. The first kappa shape index (κ1) is 18.9. The van der Waals surface area contributed by atoms with E-state index in [1.54, 1.807) is 0 Å². The van der Waals surface area contributed by atoms with Crippen LogP contribution in [0.4, 0.5) is 5.82 Å². The molecule has 1 amide bonds. The maximum Gasteiger partial charge on any atom is 0.272 e. The predicted molar refractivity (Wildman–Crippen MR) is 110 cm³/mol. The van der Waals surface area contributed by atoms with Crippen LogP contribution in [0.15, 0.2) is 36.4 Å². The highest BCUT2D eigenvalue weighted by Gasteiger charge is 2.24. The minimum atomic E-state index is 0.0133. The van der Waals surface area contributed by atoms with Crippen molar-refractivity contribution >= 4 is 11.7 Å². The number of carbonyl (C=O) groups is 1. The van der Waals surface area contributed by atoms with Crippen molar-refractivity contribution in [3.8, 4) is 0 Å². The molecule has 6 nitrogen and oxygen atoms in total. The highest BCUT2D eigenvalue weighted by molar-refractivity contribution is 5.93. The predicted octanol–water partition coefficient (Wildman–Crippen LogP) is 3.10. The molecule has 1 N–H and O–H groups in total. The second-order valence-electron chi connectivity index (χ2n) is 7.87. The molecule has 1 aliphatic carbocycles. The topological polar surface area (TPSA) is 61.4 Å². The summed E-state index contributed by atoms with van der Waals surface area (Å²) in [6.45, 7) is 6.04. The Morgan fingerprint density at radius 1 is 1.07 bits per heavy atom. The maximum atomic E-state index is 13.0. The van der Waals surface area contributed by atoms with Crippen molar-refractivity contribution in [2.24, 2.45) is 0 Å². The Morgan fingerprint density at radius 3 is 2.50 bits per heavy atom. The highest BCUT2D eigenvalue weighted by Crippen LogP contribution is 2.22. The molecular weight excluding hydrogens is 350 g/mol. The fourth-order valence-corrected chi connectivity index (χ4v) is 4.14. The van der Waals surface area contributed by atoms with Crippen molar-refractivity contribution in [3.63, 3.8) is 0 Å². The summed E-state index contributed by atoms with van der Waals surface area (Å²) in [6, 6.07) is 12.8. The Balaban J connectivity index is 1.36. The van der Waals surface area contributed by atoms with E-state index in [9.17, 15) is 4.79 Å². The third-order valence-corrected chi connectivity index (χ3v) is 5.67. The van der Waals surface area contributed by atoms with Gasteiger partial charge in [0.15, 0.2) is 0 Å². The van der Waals surface area contributed by atoms with Gasteiger partial charge >= 0.3 is 0 Å². The summed E-state index contributed by atoms with van der Waals surface area (Å²) < 4.78 is 0. The number of piperazine rings is 1. The van der Waals surface area contributed by atoms with Gasteiger partial charge in [0.05, 0.1) is 0 Å². The van der Waals surface area contributed by atoms with Gasteiger partial charge in [-0.3, -0.25) is 9.69 Å². The number of rotatable bonds is 5. The van der Waals surface area contributed by atoms with Gasteiger partial charge in [-0.1, -0.05) is 43.2 Å². The zero-order chi connectivity index (χ0) is 19.3. The van der Waals surface area contributed by atoms with Crippen LogP contribution >= 0.6 is 0 Å². The van der Waals surface area contributed by atoms with Gasteiger partial charge in [0, 0.05) is 44.8 Å². The van der Waals surface area contributed by atoms with Gasteiger partial charge in [0.25, 0.3) is 5.91 Å². The molecule has 4 rings (SSSR count). The molecular formula is C22H29N5O. The summed E-state index contributed by atoms with van der Waals surface area (Å²) in [7, 11) is 0. The minimum absolute atomic E-state index is 0.0133.